The van der Waals surface area contributed by atoms with Crippen LogP contribution >= 0.6 is 0 Å². The minimum absolute atomic E-state index is 0.127. The summed E-state index contributed by atoms with van der Waals surface area (Å²) in [5, 5.41) is 12.5. The topological polar surface area (TPSA) is 65.6 Å². The van der Waals surface area contributed by atoms with Crippen molar-refractivity contribution in [2.45, 2.75) is 0 Å². The highest BCUT2D eigenvalue weighted by Gasteiger charge is 2.05. The van der Waals surface area contributed by atoms with E-state index in [9.17, 15) is 9.90 Å². The maximum absolute atomic E-state index is 10.9. The van der Waals surface area contributed by atoms with Crippen LogP contribution in [0.3, 0.4) is 0 Å². The van der Waals surface area contributed by atoms with Crippen LogP contribution in [0.2, 0.25) is 0 Å². The van der Waals surface area contributed by atoms with Gasteiger partial charge in [0.15, 0.2) is 0 Å². The summed E-state index contributed by atoms with van der Waals surface area (Å²) in [7, 11) is 0. The molecular weight excluding hydrogens is 326 g/mol. The number of aromatic carboxylic acids is 1. The van der Waals surface area contributed by atoms with Gasteiger partial charge in [0.25, 0.3) is 0 Å². The van der Waals surface area contributed by atoms with Crippen LogP contribution in [0.5, 0.6) is 0 Å². The molecule has 0 saturated carbocycles. The number of carboxylic acids is 1. The molecule has 0 bridgehead atoms. The third kappa shape index (κ3) is 3.13. The van der Waals surface area contributed by atoms with Crippen molar-refractivity contribution in [3.8, 4) is 11.3 Å². The summed E-state index contributed by atoms with van der Waals surface area (Å²) in [6.07, 6.45) is 0. The Bertz CT molecular complexity index is 1140. The van der Waals surface area contributed by atoms with E-state index in [0.29, 0.717) is 5.69 Å². The van der Waals surface area contributed by atoms with Crippen molar-refractivity contribution in [1.29, 1.82) is 0 Å². The molecule has 0 radical (unpaired) electrons. The monoisotopic (exact) mass is 340 g/mol. The van der Waals surface area contributed by atoms with E-state index in [0.717, 1.165) is 27.7 Å². The molecule has 0 N–H and O–H groups in total. The molecule has 1 aromatic heterocycles. The number of hydrogen-bond donors (Lipinski definition) is 0. The molecule has 126 valence electrons. The molecule has 1 heterocycles. The summed E-state index contributed by atoms with van der Waals surface area (Å²) in [6, 6.07) is 25.7. The third-order valence-corrected chi connectivity index (χ3v) is 4.06. The van der Waals surface area contributed by atoms with Crippen molar-refractivity contribution >= 4 is 22.6 Å². The van der Waals surface area contributed by atoms with Gasteiger partial charge in [-0.1, -0.05) is 54.6 Å². The highest BCUT2D eigenvalue weighted by molar-refractivity contribution is 5.86. The zero-order valence-electron chi connectivity index (χ0n) is 13.8. The summed E-state index contributed by atoms with van der Waals surface area (Å²) in [5.74, 6) is -0.485. The predicted octanol–water partition coefficient (Wildman–Crippen LogP) is 3.70. The summed E-state index contributed by atoms with van der Waals surface area (Å²) >= 11 is 0. The Morgan fingerprint density at radius 2 is 1.54 bits per heavy atom. The Balaban J connectivity index is 1.91. The van der Waals surface area contributed by atoms with Crippen LogP contribution in [0.4, 0.5) is 5.69 Å². The number of benzene rings is 3. The normalized spacial score (nSPS) is 11.6. The van der Waals surface area contributed by atoms with Crippen LogP contribution in [0.1, 0.15) is 10.4 Å². The average Bonchev–Trinajstić information content (AvgIpc) is 2.69. The van der Waals surface area contributed by atoms with Crippen molar-refractivity contribution in [2.75, 3.05) is 0 Å². The van der Waals surface area contributed by atoms with E-state index >= 15 is 0 Å². The minimum Gasteiger partial charge on any atom is -0.545 e. The lowest BCUT2D eigenvalue weighted by Crippen LogP contribution is -2.21. The molecule has 0 saturated heterocycles. The fraction of sp³-hybridized carbons (Fsp3) is 0. The summed E-state index contributed by atoms with van der Waals surface area (Å²) < 4.78 is 6.03. The Labute approximate surface area is 149 Å². The van der Waals surface area contributed by atoms with Crippen molar-refractivity contribution in [1.82, 2.24) is 0 Å². The molecule has 4 heteroatoms. The molecule has 0 aliphatic carbocycles. The Hall–Kier alpha value is -3.66. The molecule has 26 heavy (non-hydrogen) atoms. The summed E-state index contributed by atoms with van der Waals surface area (Å²) in [4.78, 5) is 15.6. The number of carbonyl (C=O) groups is 1. The smallest absolute Gasteiger partial charge is 0.136 e. The Morgan fingerprint density at radius 1 is 0.846 bits per heavy atom. The molecular formula is C22H14NO3-. The molecule has 4 rings (SSSR count). The minimum atomic E-state index is -1.20. The first-order valence-electron chi connectivity index (χ1n) is 8.15. The maximum atomic E-state index is 10.9. The van der Waals surface area contributed by atoms with E-state index < -0.39 is 5.97 Å². The van der Waals surface area contributed by atoms with Gasteiger partial charge in [-0.2, -0.15) is 0 Å². The number of para-hydroxylation sites is 1. The van der Waals surface area contributed by atoms with E-state index in [-0.39, 0.29) is 5.56 Å². The largest absolute Gasteiger partial charge is 0.545 e. The highest BCUT2D eigenvalue weighted by Crippen LogP contribution is 2.22. The molecule has 0 spiro atoms. The van der Waals surface area contributed by atoms with E-state index in [2.05, 4.69) is 4.99 Å². The summed E-state index contributed by atoms with van der Waals surface area (Å²) in [5.41, 5.74) is 2.48. The first-order valence-corrected chi connectivity index (χ1v) is 8.15. The van der Waals surface area contributed by atoms with Crippen LogP contribution in [-0.4, -0.2) is 5.97 Å². The predicted molar refractivity (Wildman–Crippen MR) is 97.6 cm³/mol. The van der Waals surface area contributed by atoms with Gasteiger partial charge in [-0.25, -0.2) is 4.99 Å². The molecule has 0 fully saturated rings. The number of nitrogens with zero attached hydrogens (tertiary/aromatic N) is 1. The molecule has 0 atom stereocenters. The maximum Gasteiger partial charge on any atom is 0.136 e. The van der Waals surface area contributed by atoms with Crippen molar-refractivity contribution in [3.63, 3.8) is 0 Å². The molecule has 3 aromatic carbocycles. The van der Waals surface area contributed by atoms with Gasteiger partial charge in [0.05, 0.1) is 17.0 Å². The molecule has 0 unspecified atom stereocenters. The Kier molecular flexibility index (Phi) is 4.07. The van der Waals surface area contributed by atoms with Gasteiger partial charge in [-0.05, 0) is 29.8 Å². The number of fused-ring (bicyclic) bond motifs is 1. The quantitative estimate of drug-likeness (QED) is 0.571. The molecule has 4 nitrogen and oxygen atoms in total. The van der Waals surface area contributed by atoms with Crippen molar-refractivity contribution in [2.24, 2.45) is 4.99 Å². The number of rotatable bonds is 3. The lowest BCUT2D eigenvalue weighted by atomic mass is 10.1. The molecule has 0 aliphatic heterocycles. The van der Waals surface area contributed by atoms with Crippen molar-refractivity contribution < 1.29 is 14.3 Å². The fourth-order valence-electron chi connectivity index (χ4n) is 2.77. The fourth-order valence-corrected chi connectivity index (χ4v) is 2.77. The molecule has 0 aliphatic rings. The van der Waals surface area contributed by atoms with Gasteiger partial charge in [0.2, 0.25) is 0 Å². The van der Waals surface area contributed by atoms with Gasteiger partial charge in [0.1, 0.15) is 11.3 Å². The third-order valence-electron chi connectivity index (χ3n) is 4.06. The zero-order chi connectivity index (χ0) is 17.9. The second kappa shape index (κ2) is 6.69. The lowest BCUT2D eigenvalue weighted by molar-refractivity contribution is -0.255. The Morgan fingerprint density at radius 3 is 2.27 bits per heavy atom. The van der Waals surface area contributed by atoms with E-state index in [4.69, 9.17) is 4.42 Å². The summed E-state index contributed by atoms with van der Waals surface area (Å²) in [6.45, 7) is 0. The second-order valence-corrected chi connectivity index (χ2v) is 5.80. The van der Waals surface area contributed by atoms with E-state index in [1.165, 1.54) is 12.1 Å². The SMILES string of the molecule is O=C([O-])c1ccc(N=c2cc(-c3ccccc3)oc3ccccc23)cc1. The second-order valence-electron chi connectivity index (χ2n) is 5.80. The van der Waals surface area contributed by atoms with Gasteiger partial charge in [-0.3, -0.25) is 0 Å². The van der Waals surface area contributed by atoms with Gasteiger partial charge >= 0.3 is 0 Å². The van der Waals surface area contributed by atoms with Crippen LogP contribution in [0, 0.1) is 0 Å². The van der Waals surface area contributed by atoms with Gasteiger partial charge in [-0.15, -0.1) is 0 Å². The van der Waals surface area contributed by atoms with Crippen LogP contribution in [0.15, 0.2) is 94.3 Å². The lowest BCUT2D eigenvalue weighted by Gasteiger charge is -2.05. The first kappa shape index (κ1) is 15.8. The van der Waals surface area contributed by atoms with Crippen LogP contribution in [-0.2, 0) is 0 Å². The zero-order valence-corrected chi connectivity index (χ0v) is 13.8. The van der Waals surface area contributed by atoms with Crippen LogP contribution in [0.25, 0.3) is 22.3 Å². The van der Waals surface area contributed by atoms with E-state index in [1.807, 2.05) is 60.7 Å². The van der Waals surface area contributed by atoms with E-state index in [1.54, 1.807) is 12.1 Å². The highest BCUT2D eigenvalue weighted by atomic mass is 16.4. The standard InChI is InChI=1S/C22H15NO3/c24-22(25)16-10-12-17(13-11-16)23-19-14-21(15-6-2-1-3-7-15)26-20-9-5-4-8-18(19)20/h1-14H,(H,24,25)/p-1. The molecule has 0 amide bonds. The average molecular weight is 340 g/mol. The van der Waals surface area contributed by atoms with Crippen LogP contribution < -0.4 is 10.5 Å². The molecule has 4 aromatic rings. The number of carbonyl (C=O) groups excluding carboxylic acids is 1. The number of hydrogen-bond acceptors (Lipinski definition) is 4. The first-order chi connectivity index (χ1) is 12.7. The van der Waals surface area contributed by atoms with Gasteiger partial charge in [0, 0.05) is 17.0 Å². The number of carboxylic acid groups (broad SMARTS) is 1. The van der Waals surface area contributed by atoms with Crippen molar-refractivity contribution in [3.05, 3.63) is 95.8 Å². The van der Waals surface area contributed by atoms with Gasteiger partial charge < -0.3 is 14.3 Å².